The molecule has 0 spiro atoms. The van der Waals surface area contributed by atoms with Crippen molar-refractivity contribution >= 4 is 47.4 Å². The smallest absolute Gasteiger partial charge is 0.0606 e. The molecular weight excluding hydrogens is 210 g/mol. The van der Waals surface area contributed by atoms with Crippen LogP contribution in [0.25, 0.3) is 0 Å². The molecule has 0 aliphatic heterocycles. The van der Waals surface area contributed by atoms with Crippen molar-refractivity contribution in [2.75, 3.05) is 0 Å². The van der Waals surface area contributed by atoms with Crippen molar-refractivity contribution < 1.29 is 0 Å². The third-order valence-electron chi connectivity index (χ3n) is 0.975. The van der Waals surface area contributed by atoms with Gasteiger partial charge in [0.2, 0.25) is 0 Å². The van der Waals surface area contributed by atoms with Crippen LogP contribution in [0.3, 0.4) is 0 Å². The molecule has 0 heterocycles. The van der Waals surface area contributed by atoms with Gasteiger partial charge in [-0.2, -0.15) is 4.90 Å². The molecule has 1 aromatic carbocycles. The van der Waals surface area contributed by atoms with Crippen LogP contribution in [0.5, 0.6) is 0 Å². The van der Waals surface area contributed by atoms with Crippen molar-refractivity contribution in [3.8, 4) is 0 Å². The van der Waals surface area contributed by atoms with E-state index < -0.39 is 0 Å². The maximum Gasteiger partial charge on any atom is 0.0606 e. The molecule has 0 saturated heterocycles. The average Bonchev–Trinajstić information content (AvgIpc) is 1.84. The van der Waals surface area contributed by atoms with Crippen LogP contribution in [0.15, 0.2) is 17.0 Å². The third-order valence-corrected chi connectivity index (χ3v) is 2.46. The summed E-state index contributed by atoms with van der Waals surface area (Å²) in [4.78, 5) is 0.524. The Labute approximate surface area is 79.5 Å². The zero-order valence-corrected chi connectivity index (χ0v) is 7.78. The molecule has 0 bridgehead atoms. The Hall–Kier alpha value is 0.310. The quantitative estimate of drug-likeness (QED) is 0.468. The lowest BCUT2D eigenvalue weighted by Gasteiger charge is -2.08. The van der Waals surface area contributed by atoms with E-state index in [1.807, 2.05) is 0 Å². The summed E-state index contributed by atoms with van der Waals surface area (Å²) in [6.07, 6.45) is 0. The lowest BCUT2D eigenvalue weighted by molar-refractivity contribution is 1.47. The molecule has 0 aromatic heterocycles. The number of benzene rings is 1. The number of hydrogen-bond acceptors (Lipinski definition) is 1. The summed E-state index contributed by atoms with van der Waals surface area (Å²) in [5.41, 5.74) is 0. The second kappa shape index (κ2) is 3.14. The first-order valence-electron chi connectivity index (χ1n) is 2.43. The Morgan fingerprint density at radius 1 is 0.900 bits per heavy atom. The SMILES string of the molecule is [S-]c1cc(Cl)c(Cl)cc1Cl. The van der Waals surface area contributed by atoms with Gasteiger partial charge in [-0.05, 0) is 6.07 Å². The summed E-state index contributed by atoms with van der Waals surface area (Å²) in [6.45, 7) is 0. The molecular formula is C6H2Cl3S-. The Kier molecular flexibility index (Phi) is 2.64. The van der Waals surface area contributed by atoms with Crippen LogP contribution in [-0.4, -0.2) is 0 Å². The van der Waals surface area contributed by atoms with Crippen LogP contribution in [0.1, 0.15) is 0 Å². The van der Waals surface area contributed by atoms with E-state index in [1.165, 1.54) is 6.07 Å². The highest BCUT2D eigenvalue weighted by molar-refractivity contribution is 7.59. The van der Waals surface area contributed by atoms with Crippen molar-refractivity contribution in [2.24, 2.45) is 0 Å². The fourth-order valence-corrected chi connectivity index (χ4v) is 1.29. The van der Waals surface area contributed by atoms with Gasteiger partial charge < -0.3 is 12.6 Å². The van der Waals surface area contributed by atoms with Crippen LogP contribution >= 0.6 is 34.8 Å². The minimum absolute atomic E-state index is 0.431. The number of rotatable bonds is 0. The first-order chi connectivity index (χ1) is 4.61. The van der Waals surface area contributed by atoms with Gasteiger partial charge in [0, 0.05) is 5.02 Å². The van der Waals surface area contributed by atoms with Gasteiger partial charge in [0.15, 0.2) is 0 Å². The fourth-order valence-electron chi connectivity index (χ4n) is 0.504. The van der Waals surface area contributed by atoms with Crippen LogP contribution in [0.4, 0.5) is 0 Å². The van der Waals surface area contributed by atoms with Gasteiger partial charge in [0.05, 0.1) is 10.0 Å². The van der Waals surface area contributed by atoms with Crippen LogP contribution in [0.2, 0.25) is 15.1 Å². The van der Waals surface area contributed by atoms with Gasteiger partial charge in [0.1, 0.15) is 0 Å². The molecule has 54 valence electrons. The summed E-state index contributed by atoms with van der Waals surface area (Å²) in [5.74, 6) is 0. The normalized spacial score (nSPS) is 9.90. The van der Waals surface area contributed by atoms with Gasteiger partial charge in [-0.25, -0.2) is 0 Å². The van der Waals surface area contributed by atoms with Gasteiger partial charge in [-0.3, -0.25) is 0 Å². The minimum atomic E-state index is 0.431. The van der Waals surface area contributed by atoms with Crippen LogP contribution in [0, 0.1) is 0 Å². The molecule has 0 fully saturated rings. The lowest BCUT2D eigenvalue weighted by Crippen LogP contribution is -1.74. The average molecular weight is 213 g/mol. The van der Waals surface area contributed by atoms with E-state index in [-0.39, 0.29) is 0 Å². The summed E-state index contributed by atoms with van der Waals surface area (Å²) < 4.78 is 0. The highest BCUT2D eigenvalue weighted by Gasteiger charge is 1.96. The highest BCUT2D eigenvalue weighted by atomic mass is 35.5. The van der Waals surface area contributed by atoms with Gasteiger partial charge in [-0.15, -0.1) is 0 Å². The molecule has 0 saturated carbocycles. The fraction of sp³-hybridized carbons (Fsp3) is 0. The van der Waals surface area contributed by atoms with Crippen molar-refractivity contribution in [2.45, 2.75) is 4.90 Å². The summed E-state index contributed by atoms with van der Waals surface area (Å²) in [5, 5.41) is 1.33. The molecule has 0 aliphatic rings. The maximum atomic E-state index is 5.64. The van der Waals surface area contributed by atoms with E-state index >= 15 is 0 Å². The van der Waals surface area contributed by atoms with Gasteiger partial charge >= 0.3 is 0 Å². The number of hydrogen-bond donors (Lipinski definition) is 0. The molecule has 4 heteroatoms. The van der Waals surface area contributed by atoms with Crippen molar-refractivity contribution in [1.29, 1.82) is 0 Å². The first kappa shape index (κ1) is 8.41. The molecule has 0 amide bonds. The zero-order valence-electron chi connectivity index (χ0n) is 4.70. The largest absolute Gasteiger partial charge is 0.778 e. The van der Waals surface area contributed by atoms with Crippen LogP contribution in [-0.2, 0) is 12.6 Å². The molecule has 10 heavy (non-hydrogen) atoms. The van der Waals surface area contributed by atoms with Crippen LogP contribution < -0.4 is 0 Å². The second-order valence-electron chi connectivity index (χ2n) is 1.70. The lowest BCUT2D eigenvalue weighted by atomic mass is 10.4. The van der Waals surface area contributed by atoms with E-state index in [1.54, 1.807) is 6.07 Å². The van der Waals surface area contributed by atoms with E-state index in [4.69, 9.17) is 47.4 Å². The predicted octanol–water partition coefficient (Wildman–Crippen LogP) is 3.55. The second-order valence-corrected chi connectivity index (χ2v) is 3.36. The third kappa shape index (κ3) is 1.67. The highest BCUT2D eigenvalue weighted by Crippen LogP contribution is 2.28. The maximum absolute atomic E-state index is 5.64. The van der Waals surface area contributed by atoms with E-state index in [0.717, 1.165) is 0 Å². The minimum Gasteiger partial charge on any atom is -0.778 e. The number of halogens is 3. The molecule has 0 N–H and O–H groups in total. The first-order valence-corrected chi connectivity index (χ1v) is 3.97. The van der Waals surface area contributed by atoms with E-state index in [9.17, 15) is 0 Å². The Morgan fingerprint density at radius 3 is 1.90 bits per heavy atom. The molecule has 0 radical (unpaired) electrons. The van der Waals surface area contributed by atoms with Crippen molar-refractivity contribution in [1.82, 2.24) is 0 Å². The molecule has 0 unspecified atom stereocenters. The summed E-state index contributed by atoms with van der Waals surface area (Å²) in [7, 11) is 0. The molecule has 0 aliphatic carbocycles. The molecule has 0 nitrogen and oxygen atoms in total. The Bertz CT molecular complexity index is 209. The molecule has 1 aromatic rings. The van der Waals surface area contributed by atoms with E-state index in [0.29, 0.717) is 20.0 Å². The topological polar surface area (TPSA) is 0 Å². The predicted molar refractivity (Wildman–Crippen MR) is 47.1 cm³/mol. The summed E-state index contributed by atoms with van der Waals surface area (Å²) in [6, 6.07) is 3.09. The van der Waals surface area contributed by atoms with Crippen molar-refractivity contribution in [3.63, 3.8) is 0 Å². The summed E-state index contributed by atoms with van der Waals surface area (Å²) >= 11 is 21.7. The standard InChI is InChI=1S/C6H3Cl3S/c7-3-1-5(9)6(10)2-4(3)8/h1-2,10H/p-1. The Morgan fingerprint density at radius 2 is 1.40 bits per heavy atom. The Balaban J connectivity index is 3.28. The van der Waals surface area contributed by atoms with Gasteiger partial charge in [0.25, 0.3) is 0 Å². The van der Waals surface area contributed by atoms with Gasteiger partial charge in [-0.1, -0.05) is 40.9 Å². The molecule has 0 atom stereocenters. The van der Waals surface area contributed by atoms with E-state index in [2.05, 4.69) is 0 Å². The molecule has 1 rings (SSSR count). The van der Waals surface area contributed by atoms with Crippen molar-refractivity contribution in [3.05, 3.63) is 27.2 Å². The zero-order chi connectivity index (χ0) is 7.72. The monoisotopic (exact) mass is 211 g/mol.